The molecule has 0 aliphatic carbocycles. The second kappa shape index (κ2) is 7.77. The Morgan fingerprint density at radius 3 is 2.65 bits per heavy atom. The molecule has 5 heteroatoms. The summed E-state index contributed by atoms with van der Waals surface area (Å²) in [6.07, 6.45) is 0.792. The van der Waals surface area contributed by atoms with Gasteiger partial charge in [0.15, 0.2) is 5.82 Å². The molecular weight excluding hydrogens is 254 g/mol. The van der Waals surface area contributed by atoms with E-state index in [0.717, 1.165) is 25.3 Å². The van der Waals surface area contributed by atoms with Crippen LogP contribution in [0.5, 0.6) is 0 Å². The lowest BCUT2D eigenvalue weighted by Crippen LogP contribution is -2.26. The van der Waals surface area contributed by atoms with E-state index in [1.807, 2.05) is 25.1 Å². The Kier molecular flexibility index (Phi) is 5.70. The van der Waals surface area contributed by atoms with Gasteiger partial charge in [-0.25, -0.2) is 0 Å². The molecule has 0 fully saturated rings. The molecule has 1 aromatic carbocycles. The van der Waals surface area contributed by atoms with Crippen LogP contribution < -0.4 is 0 Å². The molecule has 0 radical (unpaired) electrons. The van der Waals surface area contributed by atoms with Gasteiger partial charge < -0.3 is 9.26 Å². The first kappa shape index (κ1) is 14.7. The van der Waals surface area contributed by atoms with E-state index < -0.39 is 0 Å². The van der Waals surface area contributed by atoms with Gasteiger partial charge in [0, 0.05) is 26.6 Å². The summed E-state index contributed by atoms with van der Waals surface area (Å²) in [4.78, 5) is 6.60. The molecule has 0 saturated carbocycles. The predicted molar refractivity (Wildman–Crippen MR) is 76.1 cm³/mol. The summed E-state index contributed by atoms with van der Waals surface area (Å²) in [5.74, 6) is 1.42. The van der Waals surface area contributed by atoms with Crippen molar-refractivity contribution in [3.05, 3.63) is 47.6 Å². The van der Waals surface area contributed by atoms with Gasteiger partial charge in [-0.1, -0.05) is 42.4 Å². The average molecular weight is 275 g/mol. The normalized spacial score (nSPS) is 11.2. The van der Waals surface area contributed by atoms with Crippen molar-refractivity contribution in [2.75, 3.05) is 20.3 Å². The van der Waals surface area contributed by atoms with Crippen molar-refractivity contribution in [1.82, 2.24) is 15.0 Å². The summed E-state index contributed by atoms with van der Waals surface area (Å²) in [5.41, 5.74) is 1.26. The first-order valence-corrected chi connectivity index (χ1v) is 6.88. The Labute approximate surface area is 119 Å². The summed E-state index contributed by atoms with van der Waals surface area (Å²) >= 11 is 0. The summed E-state index contributed by atoms with van der Waals surface area (Å²) in [7, 11) is 1.71. The van der Waals surface area contributed by atoms with E-state index in [2.05, 4.69) is 27.2 Å². The molecule has 0 bridgehead atoms. The van der Waals surface area contributed by atoms with Crippen LogP contribution >= 0.6 is 0 Å². The van der Waals surface area contributed by atoms with Gasteiger partial charge in [-0.05, 0) is 5.56 Å². The first-order chi connectivity index (χ1) is 9.81. The molecule has 5 nitrogen and oxygen atoms in total. The van der Waals surface area contributed by atoms with Crippen molar-refractivity contribution in [3.63, 3.8) is 0 Å². The van der Waals surface area contributed by atoms with E-state index in [4.69, 9.17) is 9.26 Å². The topological polar surface area (TPSA) is 51.4 Å². The fourth-order valence-electron chi connectivity index (χ4n) is 1.97. The zero-order chi connectivity index (χ0) is 14.2. The summed E-state index contributed by atoms with van der Waals surface area (Å²) < 4.78 is 10.4. The largest absolute Gasteiger partial charge is 0.383 e. The van der Waals surface area contributed by atoms with Crippen LogP contribution in [0.4, 0.5) is 0 Å². The molecule has 0 unspecified atom stereocenters. The van der Waals surface area contributed by atoms with Gasteiger partial charge in [-0.3, -0.25) is 4.90 Å². The maximum absolute atomic E-state index is 5.26. The van der Waals surface area contributed by atoms with Gasteiger partial charge in [0.1, 0.15) is 0 Å². The standard InChI is InChI=1S/C15H21N3O2/c1-3-14-16-15(20-17-14)12-18(9-10-19-2)11-13-7-5-4-6-8-13/h4-8H,3,9-12H2,1-2H3. The van der Waals surface area contributed by atoms with Crippen molar-refractivity contribution in [1.29, 1.82) is 0 Å². The van der Waals surface area contributed by atoms with Gasteiger partial charge in [0.25, 0.3) is 0 Å². The van der Waals surface area contributed by atoms with Crippen molar-refractivity contribution in [3.8, 4) is 0 Å². The number of hydrogen-bond donors (Lipinski definition) is 0. The molecule has 2 aromatic rings. The molecule has 0 spiro atoms. The first-order valence-electron chi connectivity index (χ1n) is 6.88. The molecule has 108 valence electrons. The second-order valence-corrected chi connectivity index (χ2v) is 4.65. The number of hydrogen-bond acceptors (Lipinski definition) is 5. The lowest BCUT2D eigenvalue weighted by atomic mass is 10.2. The molecule has 20 heavy (non-hydrogen) atoms. The Bertz CT molecular complexity index is 499. The van der Waals surface area contributed by atoms with Crippen LogP contribution in [0.25, 0.3) is 0 Å². The van der Waals surface area contributed by atoms with Crippen LogP contribution in [0, 0.1) is 0 Å². The molecule has 2 rings (SSSR count). The highest BCUT2D eigenvalue weighted by Crippen LogP contribution is 2.09. The highest BCUT2D eigenvalue weighted by molar-refractivity contribution is 5.14. The number of rotatable bonds is 8. The minimum atomic E-state index is 0.644. The number of aryl methyl sites for hydroxylation is 1. The molecule has 1 heterocycles. The average Bonchev–Trinajstić information content (AvgIpc) is 2.93. The summed E-state index contributed by atoms with van der Waals surface area (Å²) in [6, 6.07) is 10.3. The third kappa shape index (κ3) is 4.43. The second-order valence-electron chi connectivity index (χ2n) is 4.65. The maximum atomic E-state index is 5.26. The van der Waals surface area contributed by atoms with E-state index in [0.29, 0.717) is 19.0 Å². The zero-order valence-corrected chi connectivity index (χ0v) is 12.1. The lowest BCUT2D eigenvalue weighted by Gasteiger charge is -2.20. The monoisotopic (exact) mass is 275 g/mol. The Morgan fingerprint density at radius 2 is 2.00 bits per heavy atom. The molecular formula is C15H21N3O2. The quantitative estimate of drug-likeness (QED) is 0.739. The van der Waals surface area contributed by atoms with Crippen molar-refractivity contribution in [2.45, 2.75) is 26.4 Å². The van der Waals surface area contributed by atoms with Gasteiger partial charge in [-0.15, -0.1) is 0 Å². The fourth-order valence-corrected chi connectivity index (χ4v) is 1.97. The van der Waals surface area contributed by atoms with Gasteiger partial charge in [0.05, 0.1) is 13.2 Å². The van der Waals surface area contributed by atoms with Gasteiger partial charge in [-0.2, -0.15) is 4.98 Å². The zero-order valence-electron chi connectivity index (χ0n) is 12.1. The van der Waals surface area contributed by atoms with Crippen molar-refractivity contribution in [2.24, 2.45) is 0 Å². The van der Waals surface area contributed by atoms with Gasteiger partial charge in [0.2, 0.25) is 5.89 Å². The SMILES string of the molecule is CCc1noc(CN(CCOC)Cc2ccccc2)n1. The maximum Gasteiger partial charge on any atom is 0.240 e. The van der Waals surface area contributed by atoms with E-state index in [9.17, 15) is 0 Å². The highest BCUT2D eigenvalue weighted by atomic mass is 16.5. The van der Waals surface area contributed by atoms with E-state index >= 15 is 0 Å². The Morgan fingerprint density at radius 1 is 1.20 bits per heavy atom. The minimum absolute atomic E-state index is 0.644. The van der Waals surface area contributed by atoms with E-state index in [-0.39, 0.29) is 0 Å². The third-order valence-electron chi connectivity index (χ3n) is 3.05. The lowest BCUT2D eigenvalue weighted by molar-refractivity contribution is 0.131. The third-order valence-corrected chi connectivity index (χ3v) is 3.05. The van der Waals surface area contributed by atoms with Gasteiger partial charge >= 0.3 is 0 Å². The Balaban J connectivity index is 1.99. The number of benzene rings is 1. The van der Waals surface area contributed by atoms with E-state index in [1.54, 1.807) is 7.11 Å². The molecule has 0 aliphatic rings. The predicted octanol–water partition coefficient (Wildman–Crippen LogP) is 2.28. The molecule has 1 aromatic heterocycles. The van der Waals surface area contributed by atoms with Crippen LogP contribution in [0.1, 0.15) is 24.2 Å². The van der Waals surface area contributed by atoms with Crippen LogP contribution in [0.2, 0.25) is 0 Å². The number of methoxy groups -OCH3 is 1. The van der Waals surface area contributed by atoms with Crippen molar-refractivity contribution >= 4 is 0 Å². The fraction of sp³-hybridized carbons (Fsp3) is 0.467. The smallest absolute Gasteiger partial charge is 0.240 e. The molecule has 0 amide bonds. The summed E-state index contributed by atoms with van der Waals surface area (Å²) in [5, 5.41) is 3.93. The van der Waals surface area contributed by atoms with Crippen LogP contribution in [0.3, 0.4) is 0 Å². The molecule has 0 N–H and O–H groups in total. The highest BCUT2D eigenvalue weighted by Gasteiger charge is 2.12. The Hall–Kier alpha value is -1.72. The number of aromatic nitrogens is 2. The molecule has 0 atom stereocenters. The van der Waals surface area contributed by atoms with Crippen LogP contribution in [-0.2, 0) is 24.2 Å². The molecule has 0 aliphatic heterocycles. The number of nitrogens with zero attached hydrogens (tertiary/aromatic N) is 3. The summed E-state index contributed by atoms with van der Waals surface area (Å²) in [6.45, 7) is 5.01. The number of ether oxygens (including phenoxy) is 1. The molecule has 0 saturated heterocycles. The van der Waals surface area contributed by atoms with Crippen LogP contribution in [-0.4, -0.2) is 35.3 Å². The van der Waals surface area contributed by atoms with Crippen LogP contribution in [0.15, 0.2) is 34.9 Å². The minimum Gasteiger partial charge on any atom is -0.383 e. The van der Waals surface area contributed by atoms with E-state index in [1.165, 1.54) is 5.56 Å². The van der Waals surface area contributed by atoms with Crippen molar-refractivity contribution < 1.29 is 9.26 Å².